The lowest BCUT2D eigenvalue weighted by Gasteiger charge is -2.06. The fourth-order valence-corrected chi connectivity index (χ4v) is 3.15. The van der Waals surface area contributed by atoms with Gasteiger partial charge in [-0.05, 0) is 56.1 Å². The molecule has 0 saturated carbocycles. The summed E-state index contributed by atoms with van der Waals surface area (Å²) in [7, 11) is 0. The third-order valence-electron chi connectivity index (χ3n) is 3.14. The summed E-state index contributed by atoms with van der Waals surface area (Å²) in [6.07, 6.45) is 3.27. The number of nitrogens with zero attached hydrogens (tertiary/aromatic N) is 2. The fraction of sp³-hybridized carbons (Fsp3) is 0. The second-order valence-corrected chi connectivity index (χ2v) is 6.24. The van der Waals surface area contributed by atoms with Crippen LogP contribution in [-0.4, -0.2) is 21.4 Å². The maximum atomic E-state index is 10.0. The van der Waals surface area contributed by atoms with Gasteiger partial charge in [-0.3, -0.25) is 9.98 Å². The number of aromatic nitrogens is 1. The van der Waals surface area contributed by atoms with E-state index >= 15 is 0 Å². The molecule has 0 aliphatic rings. The van der Waals surface area contributed by atoms with E-state index in [1.165, 1.54) is 6.21 Å². The first-order chi connectivity index (χ1) is 10.6. The average molecular weight is 422 g/mol. The summed E-state index contributed by atoms with van der Waals surface area (Å²) in [6.45, 7) is 0. The van der Waals surface area contributed by atoms with Crippen molar-refractivity contribution >= 4 is 54.7 Å². The zero-order valence-electron chi connectivity index (χ0n) is 11.2. The van der Waals surface area contributed by atoms with Crippen LogP contribution >= 0.6 is 31.9 Å². The van der Waals surface area contributed by atoms with Crippen LogP contribution in [0.15, 0.2) is 56.5 Å². The van der Waals surface area contributed by atoms with Gasteiger partial charge in [-0.15, -0.1) is 0 Å². The van der Waals surface area contributed by atoms with Gasteiger partial charge < -0.3 is 10.2 Å². The molecule has 1 aromatic heterocycles. The Morgan fingerprint density at radius 3 is 2.68 bits per heavy atom. The zero-order valence-corrected chi connectivity index (χ0v) is 14.3. The number of hydrogen-bond donors (Lipinski definition) is 2. The van der Waals surface area contributed by atoms with Crippen LogP contribution in [0.1, 0.15) is 5.56 Å². The highest BCUT2D eigenvalue weighted by molar-refractivity contribution is 9.11. The smallest absolute Gasteiger partial charge is 0.147 e. The molecule has 0 saturated heterocycles. The summed E-state index contributed by atoms with van der Waals surface area (Å²) >= 11 is 6.36. The van der Waals surface area contributed by atoms with Crippen LogP contribution in [-0.2, 0) is 0 Å². The number of benzene rings is 2. The highest BCUT2D eigenvalue weighted by Gasteiger charge is 2.12. The SMILES string of the molecule is Oc1c(Br)cc(C=Nc2ccc3cccnc3c2)c(O)c1Br. The average Bonchev–Trinajstić information content (AvgIpc) is 2.55. The molecule has 0 bridgehead atoms. The van der Waals surface area contributed by atoms with Crippen LogP contribution in [0, 0.1) is 0 Å². The number of phenolic OH excluding ortho intramolecular Hbond substituents is 2. The number of phenols is 2. The number of pyridine rings is 1. The van der Waals surface area contributed by atoms with Crippen molar-refractivity contribution in [2.45, 2.75) is 0 Å². The first-order valence-corrected chi connectivity index (χ1v) is 7.93. The van der Waals surface area contributed by atoms with Crippen molar-refractivity contribution in [1.82, 2.24) is 4.98 Å². The van der Waals surface area contributed by atoms with E-state index in [0.29, 0.717) is 10.0 Å². The standard InChI is InChI=1S/C16H10Br2N2O2/c17-12-6-10(15(21)14(18)16(12)22)8-20-11-4-3-9-2-1-5-19-13(9)7-11/h1-8,21-22H. The minimum Gasteiger partial charge on any atom is -0.506 e. The van der Waals surface area contributed by atoms with Crippen LogP contribution in [0.5, 0.6) is 11.5 Å². The van der Waals surface area contributed by atoms with E-state index in [1.54, 1.807) is 12.3 Å². The van der Waals surface area contributed by atoms with Gasteiger partial charge in [0.05, 0.1) is 15.7 Å². The largest absolute Gasteiger partial charge is 0.506 e. The van der Waals surface area contributed by atoms with Crippen molar-refractivity contribution in [1.29, 1.82) is 0 Å². The molecule has 0 amide bonds. The summed E-state index contributed by atoms with van der Waals surface area (Å²) in [5.41, 5.74) is 2.07. The molecule has 22 heavy (non-hydrogen) atoms. The Morgan fingerprint density at radius 2 is 1.86 bits per heavy atom. The van der Waals surface area contributed by atoms with Gasteiger partial charge in [-0.2, -0.15) is 0 Å². The lowest BCUT2D eigenvalue weighted by atomic mass is 10.2. The third kappa shape index (κ3) is 2.84. The Morgan fingerprint density at radius 1 is 1.05 bits per heavy atom. The molecule has 0 unspecified atom stereocenters. The number of halogens is 2. The Kier molecular flexibility index (Phi) is 4.13. The Bertz CT molecular complexity index is 895. The number of fused-ring (bicyclic) bond motifs is 1. The van der Waals surface area contributed by atoms with Crippen LogP contribution in [0.25, 0.3) is 10.9 Å². The van der Waals surface area contributed by atoms with Gasteiger partial charge in [0.25, 0.3) is 0 Å². The molecule has 0 aliphatic heterocycles. The van der Waals surface area contributed by atoms with Crippen LogP contribution in [0.2, 0.25) is 0 Å². The van der Waals surface area contributed by atoms with Crippen LogP contribution in [0.3, 0.4) is 0 Å². The summed E-state index contributed by atoms with van der Waals surface area (Å²) in [6, 6.07) is 11.1. The lowest BCUT2D eigenvalue weighted by molar-refractivity contribution is 0.442. The maximum Gasteiger partial charge on any atom is 0.147 e. The zero-order chi connectivity index (χ0) is 15.7. The molecular formula is C16H10Br2N2O2. The molecule has 0 spiro atoms. The highest BCUT2D eigenvalue weighted by Crippen LogP contribution is 2.40. The Balaban J connectivity index is 1.99. The molecule has 2 N–H and O–H groups in total. The molecule has 2 aromatic carbocycles. The first-order valence-electron chi connectivity index (χ1n) is 6.35. The van der Waals surface area contributed by atoms with Crippen LogP contribution < -0.4 is 0 Å². The molecule has 6 heteroatoms. The second-order valence-electron chi connectivity index (χ2n) is 4.60. The monoisotopic (exact) mass is 420 g/mol. The molecule has 3 aromatic rings. The van der Waals surface area contributed by atoms with Crippen molar-refractivity contribution in [3.8, 4) is 11.5 Å². The van der Waals surface area contributed by atoms with Gasteiger partial charge in [0.1, 0.15) is 16.0 Å². The third-order valence-corrected chi connectivity index (χ3v) is 4.50. The number of aliphatic imine (C=N–C) groups is 1. The molecule has 0 aliphatic carbocycles. The minimum absolute atomic E-state index is 0.0513. The topological polar surface area (TPSA) is 65.7 Å². The van der Waals surface area contributed by atoms with Crippen LogP contribution in [0.4, 0.5) is 5.69 Å². The molecule has 0 radical (unpaired) electrons. The summed E-state index contributed by atoms with van der Waals surface area (Å²) in [4.78, 5) is 8.63. The van der Waals surface area contributed by atoms with Crippen molar-refractivity contribution in [3.63, 3.8) is 0 Å². The first kappa shape index (κ1) is 15.0. The summed E-state index contributed by atoms with van der Waals surface area (Å²) in [5, 5.41) is 20.8. The van der Waals surface area contributed by atoms with Crippen molar-refractivity contribution in [3.05, 3.63) is 57.1 Å². The van der Waals surface area contributed by atoms with E-state index < -0.39 is 0 Å². The fourth-order valence-electron chi connectivity index (χ4n) is 1.99. The normalized spacial score (nSPS) is 11.4. The van der Waals surface area contributed by atoms with E-state index in [4.69, 9.17) is 0 Å². The lowest BCUT2D eigenvalue weighted by Crippen LogP contribution is -1.86. The molecule has 110 valence electrons. The van der Waals surface area contributed by atoms with Crippen molar-refractivity contribution in [2.75, 3.05) is 0 Å². The van der Waals surface area contributed by atoms with Gasteiger partial charge in [-0.1, -0.05) is 12.1 Å². The summed E-state index contributed by atoms with van der Waals surface area (Å²) < 4.78 is 0.697. The molecule has 0 fully saturated rings. The van der Waals surface area contributed by atoms with E-state index in [-0.39, 0.29) is 16.0 Å². The van der Waals surface area contributed by atoms with E-state index in [2.05, 4.69) is 41.8 Å². The molecular weight excluding hydrogens is 412 g/mol. The maximum absolute atomic E-state index is 10.0. The predicted molar refractivity (Wildman–Crippen MR) is 94.2 cm³/mol. The van der Waals surface area contributed by atoms with E-state index in [1.807, 2.05) is 30.3 Å². The van der Waals surface area contributed by atoms with E-state index in [9.17, 15) is 10.2 Å². The molecule has 1 heterocycles. The molecule has 3 rings (SSSR count). The highest BCUT2D eigenvalue weighted by atomic mass is 79.9. The van der Waals surface area contributed by atoms with Gasteiger partial charge in [-0.25, -0.2) is 0 Å². The van der Waals surface area contributed by atoms with E-state index in [0.717, 1.165) is 16.6 Å². The molecule has 0 atom stereocenters. The molecule has 4 nitrogen and oxygen atoms in total. The van der Waals surface area contributed by atoms with Gasteiger partial charge in [0.2, 0.25) is 0 Å². The van der Waals surface area contributed by atoms with Crippen molar-refractivity contribution in [2.24, 2.45) is 4.99 Å². The number of hydrogen-bond acceptors (Lipinski definition) is 4. The predicted octanol–water partition coefficient (Wildman–Crippen LogP) is 4.92. The second kappa shape index (κ2) is 6.06. The van der Waals surface area contributed by atoms with Gasteiger partial charge in [0.15, 0.2) is 0 Å². The van der Waals surface area contributed by atoms with Gasteiger partial charge >= 0.3 is 0 Å². The summed E-state index contributed by atoms with van der Waals surface area (Å²) in [5.74, 6) is -0.118. The minimum atomic E-state index is -0.0663. The van der Waals surface area contributed by atoms with Gasteiger partial charge in [0, 0.05) is 23.4 Å². The Labute approximate surface area is 143 Å². The Hall–Kier alpha value is -1.92. The quantitative estimate of drug-likeness (QED) is 0.577. The number of rotatable bonds is 2. The number of aromatic hydroxyl groups is 2. The van der Waals surface area contributed by atoms with Crippen molar-refractivity contribution < 1.29 is 10.2 Å².